The van der Waals surface area contributed by atoms with Gasteiger partial charge in [0.05, 0.1) is 7.11 Å². The van der Waals surface area contributed by atoms with Gasteiger partial charge in [0.2, 0.25) is 0 Å². The molecule has 0 N–H and O–H groups in total. The number of nitrogens with zero attached hydrogens (tertiary/aromatic N) is 2. The Bertz CT molecular complexity index is 611. The Kier molecular flexibility index (Phi) is 6.30. The minimum absolute atomic E-state index is 0.0794. The fraction of sp³-hybridized carbons (Fsp3) is 0.267. The maximum absolute atomic E-state index is 11.4. The van der Waals surface area contributed by atoms with Crippen LogP contribution in [0.3, 0.4) is 0 Å². The standard InChI is InChI=1S/C15H14N2O4/c1-11(10-17)21-15(18)6-4-12-3-5-13(20-8-7-16)14(9-12)19-2/h3-6,9,11H,8H2,1-2H3/b6-4+. The number of rotatable bonds is 6. The molecule has 1 atom stereocenters. The molecule has 0 radical (unpaired) electrons. The Morgan fingerprint density at radius 3 is 2.76 bits per heavy atom. The Morgan fingerprint density at radius 2 is 2.14 bits per heavy atom. The third-order valence-corrected chi connectivity index (χ3v) is 2.37. The fourth-order valence-electron chi connectivity index (χ4n) is 1.42. The van der Waals surface area contributed by atoms with Gasteiger partial charge in [0, 0.05) is 6.08 Å². The van der Waals surface area contributed by atoms with Crippen molar-refractivity contribution in [3.63, 3.8) is 0 Å². The van der Waals surface area contributed by atoms with E-state index < -0.39 is 12.1 Å². The maximum atomic E-state index is 11.4. The molecule has 1 rings (SSSR count). The zero-order chi connectivity index (χ0) is 15.7. The summed E-state index contributed by atoms with van der Waals surface area (Å²) >= 11 is 0. The van der Waals surface area contributed by atoms with Crippen LogP contribution in [0.2, 0.25) is 0 Å². The number of hydrogen-bond acceptors (Lipinski definition) is 6. The van der Waals surface area contributed by atoms with Gasteiger partial charge in [-0.2, -0.15) is 10.5 Å². The number of carbonyl (C=O) groups is 1. The van der Waals surface area contributed by atoms with Crippen molar-refractivity contribution in [3.05, 3.63) is 29.8 Å². The largest absolute Gasteiger partial charge is 0.493 e. The summed E-state index contributed by atoms with van der Waals surface area (Å²) in [5.74, 6) is 0.288. The molecule has 0 amide bonds. The van der Waals surface area contributed by atoms with Crippen molar-refractivity contribution in [1.82, 2.24) is 0 Å². The molecule has 1 aromatic carbocycles. The normalized spacial score (nSPS) is 11.2. The van der Waals surface area contributed by atoms with E-state index >= 15 is 0 Å². The second-order valence-corrected chi connectivity index (χ2v) is 3.90. The van der Waals surface area contributed by atoms with Crippen molar-refractivity contribution in [1.29, 1.82) is 10.5 Å². The van der Waals surface area contributed by atoms with E-state index in [4.69, 9.17) is 24.7 Å². The van der Waals surface area contributed by atoms with Crippen LogP contribution in [0.4, 0.5) is 0 Å². The molecule has 0 heterocycles. The quantitative estimate of drug-likeness (QED) is 0.587. The summed E-state index contributed by atoms with van der Waals surface area (Å²) in [6.45, 7) is 1.40. The van der Waals surface area contributed by atoms with Gasteiger partial charge in [0.15, 0.2) is 24.2 Å². The first-order valence-corrected chi connectivity index (χ1v) is 6.06. The predicted octanol–water partition coefficient (Wildman–Crippen LogP) is 2.07. The highest BCUT2D eigenvalue weighted by atomic mass is 16.5. The summed E-state index contributed by atoms with van der Waals surface area (Å²) in [5, 5.41) is 17.0. The number of ether oxygens (including phenoxy) is 3. The maximum Gasteiger partial charge on any atom is 0.332 e. The van der Waals surface area contributed by atoms with Crippen LogP contribution in [-0.2, 0) is 9.53 Å². The highest BCUT2D eigenvalue weighted by molar-refractivity contribution is 5.87. The number of nitriles is 2. The van der Waals surface area contributed by atoms with Crippen molar-refractivity contribution in [2.45, 2.75) is 13.0 Å². The topological polar surface area (TPSA) is 92.3 Å². The van der Waals surface area contributed by atoms with E-state index in [1.807, 2.05) is 6.07 Å². The molecule has 0 aromatic heterocycles. The van der Waals surface area contributed by atoms with Crippen LogP contribution in [0.15, 0.2) is 24.3 Å². The van der Waals surface area contributed by atoms with Crippen molar-refractivity contribution in [2.24, 2.45) is 0 Å². The first kappa shape index (κ1) is 16.1. The molecular formula is C15H14N2O4. The molecule has 108 valence electrons. The first-order chi connectivity index (χ1) is 10.1. The second kappa shape index (κ2) is 8.23. The first-order valence-electron chi connectivity index (χ1n) is 6.06. The number of hydrogen-bond donors (Lipinski definition) is 0. The Morgan fingerprint density at radius 1 is 1.38 bits per heavy atom. The van der Waals surface area contributed by atoms with Gasteiger partial charge in [-0.05, 0) is 30.7 Å². The lowest BCUT2D eigenvalue weighted by Crippen LogP contribution is -2.10. The predicted molar refractivity (Wildman–Crippen MR) is 74.3 cm³/mol. The summed E-state index contributed by atoms with van der Waals surface area (Å²) in [7, 11) is 1.48. The molecule has 6 heteroatoms. The fourth-order valence-corrected chi connectivity index (χ4v) is 1.42. The molecular weight excluding hydrogens is 272 g/mol. The van der Waals surface area contributed by atoms with Gasteiger partial charge < -0.3 is 14.2 Å². The smallest absolute Gasteiger partial charge is 0.332 e. The molecule has 0 aliphatic carbocycles. The monoisotopic (exact) mass is 286 g/mol. The van der Waals surface area contributed by atoms with Crippen LogP contribution in [0.5, 0.6) is 11.5 Å². The van der Waals surface area contributed by atoms with Gasteiger partial charge in [-0.15, -0.1) is 0 Å². The Hall–Kier alpha value is -2.99. The van der Waals surface area contributed by atoms with E-state index in [0.717, 1.165) is 0 Å². The number of carbonyl (C=O) groups excluding carboxylic acids is 1. The van der Waals surface area contributed by atoms with Crippen molar-refractivity contribution < 1.29 is 19.0 Å². The summed E-state index contributed by atoms with van der Waals surface area (Å²) in [6.07, 6.45) is 1.96. The van der Waals surface area contributed by atoms with E-state index in [0.29, 0.717) is 17.1 Å². The lowest BCUT2D eigenvalue weighted by atomic mass is 10.2. The SMILES string of the molecule is COc1cc(/C=C/C(=O)OC(C)C#N)ccc1OCC#N. The molecule has 6 nitrogen and oxygen atoms in total. The molecule has 0 saturated heterocycles. The zero-order valence-electron chi connectivity index (χ0n) is 11.7. The average molecular weight is 286 g/mol. The van der Waals surface area contributed by atoms with E-state index in [9.17, 15) is 4.79 Å². The lowest BCUT2D eigenvalue weighted by Gasteiger charge is -2.08. The average Bonchev–Trinajstić information content (AvgIpc) is 2.50. The molecule has 0 saturated carbocycles. The molecule has 0 bridgehead atoms. The Labute approximate surface area is 122 Å². The van der Waals surface area contributed by atoms with Crippen LogP contribution in [0.1, 0.15) is 12.5 Å². The van der Waals surface area contributed by atoms with Gasteiger partial charge >= 0.3 is 5.97 Å². The van der Waals surface area contributed by atoms with Crippen molar-refractivity contribution in [2.75, 3.05) is 13.7 Å². The van der Waals surface area contributed by atoms with Crippen LogP contribution < -0.4 is 9.47 Å². The molecule has 0 aliphatic rings. The van der Waals surface area contributed by atoms with Crippen LogP contribution >= 0.6 is 0 Å². The molecule has 21 heavy (non-hydrogen) atoms. The van der Waals surface area contributed by atoms with Crippen molar-refractivity contribution >= 4 is 12.0 Å². The van der Waals surface area contributed by atoms with E-state index in [-0.39, 0.29) is 6.61 Å². The van der Waals surface area contributed by atoms with E-state index in [1.165, 1.54) is 26.2 Å². The minimum Gasteiger partial charge on any atom is -0.493 e. The van der Waals surface area contributed by atoms with Gasteiger partial charge in [-0.25, -0.2) is 4.79 Å². The van der Waals surface area contributed by atoms with Gasteiger partial charge in [0.1, 0.15) is 12.1 Å². The van der Waals surface area contributed by atoms with Crippen LogP contribution in [0.25, 0.3) is 6.08 Å². The molecule has 0 spiro atoms. The highest BCUT2D eigenvalue weighted by Gasteiger charge is 2.06. The summed E-state index contributed by atoms with van der Waals surface area (Å²) in [6, 6.07) is 8.66. The number of methoxy groups -OCH3 is 1. The van der Waals surface area contributed by atoms with Crippen LogP contribution in [0, 0.1) is 22.7 Å². The van der Waals surface area contributed by atoms with Gasteiger partial charge in [0.25, 0.3) is 0 Å². The minimum atomic E-state index is -0.793. The third-order valence-electron chi connectivity index (χ3n) is 2.37. The summed E-state index contributed by atoms with van der Waals surface area (Å²) in [5.41, 5.74) is 0.692. The molecule has 0 fully saturated rings. The molecule has 0 aliphatic heterocycles. The van der Waals surface area contributed by atoms with E-state index in [1.54, 1.807) is 24.3 Å². The second-order valence-electron chi connectivity index (χ2n) is 3.90. The number of benzene rings is 1. The number of esters is 1. The van der Waals surface area contributed by atoms with E-state index in [2.05, 4.69) is 0 Å². The van der Waals surface area contributed by atoms with Crippen LogP contribution in [-0.4, -0.2) is 25.8 Å². The van der Waals surface area contributed by atoms with Gasteiger partial charge in [-0.1, -0.05) is 6.07 Å². The zero-order valence-corrected chi connectivity index (χ0v) is 11.7. The Balaban J connectivity index is 2.79. The molecule has 1 unspecified atom stereocenters. The third kappa shape index (κ3) is 5.25. The highest BCUT2D eigenvalue weighted by Crippen LogP contribution is 2.28. The lowest BCUT2D eigenvalue weighted by molar-refractivity contribution is -0.139. The van der Waals surface area contributed by atoms with Gasteiger partial charge in [-0.3, -0.25) is 0 Å². The molecule has 1 aromatic rings. The van der Waals surface area contributed by atoms with Crippen molar-refractivity contribution in [3.8, 4) is 23.6 Å². The summed E-state index contributed by atoms with van der Waals surface area (Å²) in [4.78, 5) is 11.4. The summed E-state index contributed by atoms with van der Waals surface area (Å²) < 4.78 is 15.1.